The van der Waals surface area contributed by atoms with E-state index in [1.54, 1.807) is 18.2 Å². The fourth-order valence-electron chi connectivity index (χ4n) is 0.947. The fraction of sp³-hybridized carbons (Fsp3) is 0.222. The quantitative estimate of drug-likeness (QED) is 0.700. The van der Waals surface area contributed by atoms with Gasteiger partial charge >= 0.3 is 6.03 Å². The van der Waals surface area contributed by atoms with Crippen molar-refractivity contribution in [2.45, 2.75) is 6.61 Å². The van der Waals surface area contributed by atoms with E-state index in [4.69, 9.17) is 16.7 Å². The van der Waals surface area contributed by atoms with Gasteiger partial charge in [0.1, 0.15) is 0 Å². The third kappa shape index (κ3) is 2.61. The van der Waals surface area contributed by atoms with E-state index >= 15 is 0 Å². The minimum atomic E-state index is -0.308. The molecular formula is C9H11ClN2O2. The van der Waals surface area contributed by atoms with E-state index in [2.05, 4.69) is 10.6 Å². The second-order valence-corrected chi connectivity index (χ2v) is 3.08. The minimum Gasteiger partial charge on any atom is -0.392 e. The fourth-order valence-corrected chi connectivity index (χ4v) is 1.19. The minimum absolute atomic E-state index is 0.112. The van der Waals surface area contributed by atoms with Crippen LogP contribution in [0.3, 0.4) is 0 Å². The van der Waals surface area contributed by atoms with Crippen molar-refractivity contribution in [3.8, 4) is 0 Å². The van der Waals surface area contributed by atoms with Crippen molar-refractivity contribution in [1.29, 1.82) is 0 Å². The lowest BCUT2D eigenvalue weighted by atomic mass is 10.2. The van der Waals surface area contributed by atoms with Gasteiger partial charge in [-0.1, -0.05) is 17.7 Å². The van der Waals surface area contributed by atoms with Gasteiger partial charge in [0.25, 0.3) is 0 Å². The Hall–Kier alpha value is -1.26. The molecule has 2 amide bonds. The third-order valence-corrected chi connectivity index (χ3v) is 2.06. The SMILES string of the molecule is CNC(=O)Nc1ccc(CO)c(Cl)c1. The Morgan fingerprint density at radius 2 is 2.29 bits per heavy atom. The van der Waals surface area contributed by atoms with Gasteiger partial charge in [-0.2, -0.15) is 0 Å². The van der Waals surface area contributed by atoms with Crippen LogP contribution in [0.1, 0.15) is 5.56 Å². The lowest BCUT2D eigenvalue weighted by Gasteiger charge is -2.06. The number of carbonyl (C=O) groups is 1. The molecule has 0 spiro atoms. The number of aliphatic hydroxyl groups excluding tert-OH is 1. The smallest absolute Gasteiger partial charge is 0.318 e. The molecule has 0 aliphatic rings. The molecule has 1 aromatic rings. The normalized spacial score (nSPS) is 9.64. The summed E-state index contributed by atoms with van der Waals surface area (Å²) in [6.07, 6.45) is 0. The second-order valence-electron chi connectivity index (χ2n) is 2.67. The largest absolute Gasteiger partial charge is 0.392 e. The summed E-state index contributed by atoms with van der Waals surface area (Å²) in [6, 6.07) is 4.61. The van der Waals surface area contributed by atoms with Crippen LogP contribution in [0.2, 0.25) is 5.02 Å². The van der Waals surface area contributed by atoms with Crippen molar-refractivity contribution in [3.63, 3.8) is 0 Å². The maximum Gasteiger partial charge on any atom is 0.318 e. The standard InChI is InChI=1S/C9H11ClN2O2/c1-11-9(14)12-7-3-2-6(5-13)8(10)4-7/h2-4,13H,5H2,1H3,(H2,11,12,14). The molecule has 14 heavy (non-hydrogen) atoms. The Morgan fingerprint density at radius 3 is 2.79 bits per heavy atom. The van der Waals surface area contributed by atoms with Gasteiger partial charge in [0.2, 0.25) is 0 Å². The number of urea groups is 1. The van der Waals surface area contributed by atoms with Crippen molar-refractivity contribution in [1.82, 2.24) is 5.32 Å². The molecule has 0 saturated carbocycles. The average molecular weight is 215 g/mol. The first-order chi connectivity index (χ1) is 6.67. The summed E-state index contributed by atoms with van der Waals surface area (Å²) in [6.45, 7) is -0.112. The number of aliphatic hydroxyl groups is 1. The molecule has 0 saturated heterocycles. The van der Waals surface area contributed by atoms with E-state index in [1.165, 1.54) is 7.05 Å². The van der Waals surface area contributed by atoms with Gasteiger partial charge in [0, 0.05) is 17.8 Å². The number of halogens is 1. The van der Waals surface area contributed by atoms with Crippen molar-refractivity contribution >= 4 is 23.3 Å². The Labute approximate surface area is 86.9 Å². The summed E-state index contributed by atoms with van der Waals surface area (Å²) in [7, 11) is 1.53. The molecule has 0 aliphatic carbocycles. The molecular weight excluding hydrogens is 204 g/mol. The maximum atomic E-state index is 10.9. The monoisotopic (exact) mass is 214 g/mol. The van der Waals surface area contributed by atoms with Crippen molar-refractivity contribution < 1.29 is 9.90 Å². The molecule has 76 valence electrons. The lowest BCUT2D eigenvalue weighted by Crippen LogP contribution is -2.24. The van der Waals surface area contributed by atoms with Gasteiger partial charge in [-0.3, -0.25) is 0 Å². The number of benzene rings is 1. The van der Waals surface area contributed by atoms with Crippen molar-refractivity contribution in [3.05, 3.63) is 28.8 Å². The summed E-state index contributed by atoms with van der Waals surface area (Å²) < 4.78 is 0. The summed E-state index contributed by atoms with van der Waals surface area (Å²) >= 11 is 5.82. The first-order valence-corrected chi connectivity index (χ1v) is 4.43. The van der Waals surface area contributed by atoms with E-state index in [0.717, 1.165) is 0 Å². The summed E-state index contributed by atoms with van der Waals surface area (Å²) in [4.78, 5) is 10.9. The highest BCUT2D eigenvalue weighted by atomic mass is 35.5. The molecule has 0 unspecified atom stereocenters. The molecule has 0 fully saturated rings. The Bertz CT molecular complexity index is 342. The van der Waals surface area contributed by atoms with Crippen LogP contribution in [0, 0.1) is 0 Å². The molecule has 4 nitrogen and oxygen atoms in total. The summed E-state index contributed by atoms with van der Waals surface area (Å²) in [5, 5.41) is 14.3. The van der Waals surface area contributed by atoms with Crippen LogP contribution in [0.15, 0.2) is 18.2 Å². The zero-order valence-corrected chi connectivity index (χ0v) is 8.43. The third-order valence-electron chi connectivity index (χ3n) is 1.71. The molecule has 1 rings (SSSR count). The Kier molecular flexibility index (Phi) is 3.73. The topological polar surface area (TPSA) is 61.4 Å². The Morgan fingerprint density at radius 1 is 1.57 bits per heavy atom. The number of nitrogens with one attached hydrogen (secondary N) is 2. The Balaban J connectivity index is 2.81. The first kappa shape index (κ1) is 10.8. The van der Waals surface area contributed by atoms with Gasteiger partial charge in [-0.05, 0) is 17.7 Å². The highest BCUT2D eigenvalue weighted by molar-refractivity contribution is 6.31. The van der Waals surface area contributed by atoms with Gasteiger partial charge < -0.3 is 15.7 Å². The van der Waals surface area contributed by atoms with Crippen LogP contribution in [-0.2, 0) is 6.61 Å². The van der Waals surface area contributed by atoms with Gasteiger partial charge in [0.05, 0.1) is 6.61 Å². The number of hydrogen-bond acceptors (Lipinski definition) is 2. The number of carbonyl (C=O) groups excluding carboxylic acids is 1. The first-order valence-electron chi connectivity index (χ1n) is 4.05. The van der Waals surface area contributed by atoms with E-state index in [9.17, 15) is 4.79 Å². The predicted molar refractivity (Wildman–Crippen MR) is 55.5 cm³/mol. The molecule has 0 heterocycles. The van der Waals surface area contributed by atoms with E-state index in [0.29, 0.717) is 16.3 Å². The molecule has 0 aliphatic heterocycles. The molecule has 0 atom stereocenters. The van der Waals surface area contributed by atoms with Crippen LogP contribution in [0.5, 0.6) is 0 Å². The lowest BCUT2D eigenvalue weighted by molar-refractivity contribution is 0.254. The molecule has 5 heteroatoms. The molecule has 0 aromatic heterocycles. The molecule has 0 radical (unpaired) electrons. The van der Waals surface area contributed by atoms with Crippen molar-refractivity contribution in [2.24, 2.45) is 0 Å². The molecule has 0 bridgehead atoms. The molecule has 1 aromatic carbocycles. The number of amides is 2. The van der Waals surface area contributed by atoms with Gasteiger partial charge in [0.15, 0.2) is 0 Å². The van der Waals surface area contributed by atoms with Crippen molar-refractivity contribution in [2.75, 3.05) is 12.4 Å². The van der Waals surface area contributed by atoms with E-state index in [1.807, 2.05) is 0 Å². The number of anilines is 1. The van der Waals surface area contributed by atoms with Crippen LogP contribution in [-0.4, -0.2) is 18.2 Å². The van der Waals surface area contributed by atoms with Crippen LogP contribution < -0.4 is 10.6 Å². The highest BCUT2D eigenvalue weighted by Gasteiger charge is 2.02. The summed E-state index contributed by atoms with van der Waals surface area (Å²) in [5.74, 6) is 0. The summed E-state index contributed by atoms with van der Waals surface area (Å²) in [5.41, 5.74) is 1.22. The van der Waals surface area contributed by atoms with Crippen LogP contribution >= 0.6 is 11.6 Å². The number of rotatable bonds is 2. The van der Waals surface area contributed by atoms with E-state index < -0.39 is 0 Å². The maximum absolute atomic E-state index is 10.9. The highest BCUT2D eigenvalue weighted by Crippen LogP contribution is 2.20. The molecule has 3 N–H and O–H groups in total. The number of hydrogen-bond donors (Lipinski definition) is 3. The van der Waals surface area contributed by atoms with Crippen LogP contribution in [0.25, 0.3) is 0 Å². The second kappa shape index (κ2) is 4.83. The van der Waals surface area contributed by atoms with Gasteiger partial charge in [-0.25, -0.2) is 4.79 Å². The van der Waals surface area contributed by atoms with Gasteiger partial charge in [-0.15, -0.1) is 0 Å². The van der Waals surface area contributed by atoms with E-state index in [-0.39, 0.29) is 12.6 Å². The zero-order valence-electron chi connectivity index (χ0n) is 7.67. The van der Waals surface area contributed by atoms with Crippen LogP contribution in [0.4, 0.5) is 10.5 Å². The predicted octanol–water partition coefficient (Wildman–Crippen LogP) is 1.58. The zero-order chi connectivity index (χ0) is 10.6. The average Bonchev–Trinajstić information content (AvgIpc) is 2.18.